The van der Waals surface area contributed by atoms with Crippen molar-refractivity contribution in [2.45, 2.75) is 38.7 Å². The molecule has 1 aliphatic carbocycles. The van der Waals surface area contributed by atoms with E-state index in [1.165, 1.54) is 29.7 Å². The Balaban J connectivity index is 1.48. The van der Waals surface area contributed by atoms with E-state index in [1.807, 2.05) is 12.1 Å². The van der Waals surface area contributed by atoms with E-state index in [9.17, 15) is 9.18 Å². The van der Waals surface area contributed by atoms with Crippen molar-refractivity contribution in [3.8, 4) is 11.4 Å². The van der Waals surface area contributed by atoms with Gasteiger partial charge in [0, 0.05) is 11.8 Å². The first-order valence-electron chi connectivity index (χ1n) is 9.36. The largest absolute Gasteiger partial charge is 0.490 e. The van der Waals surface area contributed by atoms with Gasteiger partial charge in [-0.05, 0) is 69.0 Å². The normalized spacial score (nSPS) is 14.2. The van der Waals surface area contributed by atoms with Crippen LogP contribution in [0, 0.1) is 12.7 Å². The van der Waals surface area contributed by atoms with Crippen LogP contribution in [0.1, 0.15) is 42.1 Å². The molecule has 2 aromatic carbocycles. The Morgan fingerprint density at radius 1 is 1.18 bits per heavy atom. The molecule has 0 spiro atoms. The number of hydrogen-bond acceptors (Lipinski definition) is 4. The number of benzene rings is 2. The smallest absolute Gasteiger partial charge is 0.295 e. The van der Waals surface area contributed by atoms with Gasteiger partial charge in [0.05, 0.1) is 11.8 Å². The van der Waals surface area contributed by atoms with E-state index in [0.29, 0.717) is 17.2 Å². The van der Waals surface area contributed by atoms with Gasteiger partial charge < -0.3 is 10.1 Å². The molecule has 28 heavy (non-hydrogen) atoms. The van der Waals surface area contributed by atoms with Gasteiger partial charge in [0.15, 0.2) is 0 Å². The van der Waals surface area contributed by atoms with E-state index < -0.39 is 5.91 Å². The summed E-state index contributed by atoms with van der Waals surface area (Å²) in [6.45, 7) is 1.74. The van der Waals surface area contributed by atoms with E-state index >= 15 is 0 Å². The van der Waals surface area contributed by atoms with Gasteiger partial charge in [0.2, 0.25) is 5.82 Å². The number of anilines is 1. The second kappa shape index (κ2) is 7.80. The van der Waals surface area contributed by atoms with Crippen molar-refractivity contribution in [1.29, 1.82) is 0 Å². The van der Waals surface area contributed by atoms with E-state index in [0.717, 1.165) is 18.6 Å². The molecule has 0 unspecified atom stereocenters. The van der Waals surface area contributed by atoms with Crippen LogP contribution in [-0.4, -0.2) is 26.8 Å². The first kappa shape index (κ1) is 18.2. The zero-order chi connectivity index (χ0) is 19.5. The van der Waals surface area contributed by atoms with Gasteiger partial charge in [0.25, 0.3) is 5.91 Å². The summed E-state index contributed by atoms with van der Waals surface area (Å²) in [6, 6.07) is 13.2. The fourth-order valence-electron chi connectivity index (χ4n) is 3.35. The zero-order valence-electron chi connectivity index (χ0n) is 15.6. The lowest BCUT2D eigenvalue weighted by molar-refractivity contribution is 0.101. The predicted octanol–water partition coefficient (Wildman–Crippen LogP) is 4.29. The molecule has 0 aliphatic heterocycles. The summed E-state index contributed by atoms with van der Waals surface area (Å²) in [4.78, 5) is 16.8. The molecule has 6 nitrogen and oxygen atoms in total. The van der Waals surface area contributed by atoms with Crippen LogP contribution in [0.3, 0.4) is 0 Å². The van der Waals surface area contributed by atoms with Gasteiger partial charge in [-0.15, -0.1) is 5.10 Å². The lowest BCUT2D eigenvalue weighted by atomic mass is 10.2. The standard InChI is InChI=1S/C21H21FN4O2/c1-14-23-20(25-26(14)17-11-9-15(22)10-12-17)21(27)24-16-5-4-8-19(13-16)28-18-6-2-3-7-18/h4-5,8-13,18H,2-3,6-7H2,1H3,(H,24,27). The number of halogens is 1. The lowest BCUT2D eigenvalue weighted by Gasteiger charge is -2.13. The fourth-order valence-corrected chi connectivity index (χ4v) is 3.35. The molecule has 1 N–H and O–H groups in total. The van der Waals surface area contributed by atoms with Gasteiger partial charge in [-0.1, -0.05) is 6.07 Å². The van der Waals surface area contributed by atoms with E-state index in [-0.39, 0.29) is 17.7 Å². The maximum atomic E-state index is 13.1. The third kappa shape index (κ3) is 4.03. The molecule has 0 bridgehead atoms. The Hall–Kier alpha value is -3.22. The number of carbonyl (C=O) groups excluding carboxylic acids is 1. The predicted molar refractivity (Wildman–Crippen MR) is 103 cm³/mol. The fraction of sp³-hybridized carbons (Fsp3) is 0.286. The van der Waals surface area contributed by atoms with Crippen LogP contribution in [-0.2, 0) is 0 Å². The topological polar surface area (TPSA) is 69.0 Å². The molecule has 4 rings (SSSR count). The zero-order valence-corrected chi connectivity index (χ0v) is 15.6. The van der Waals surface area contributed by atoms with Crippen molar-refractivity contribution in [2.75, 3.05) is 5.32 Å². The molecule has 144 valence electrons. The maximum absolute atomic E-state index is 13.1. The van der Waals surface area contributed by atoms with Crippen molar-refractivity contribution in [1.82, 2.24) is 14.8 Å². The van der Waals surface area contributed by atoms with Crippen LogP contribution in [0.25, 0.3) is 5.69 Å². The van der Waals surface area contributed by atoms with E-state index in [1.54, 1.807) is 31.2 Å². The number of nitrogens with one attached hydrogen (secondary N) is 1. The van der Waals surface area contributed by atoms with Crippen LogP contribution in [0.5, 0.6) is 5.75 Å². The van der Waals surface area contributed by atoms with Crippen LogP contribution < -0.4 is 10.1 Å². The van der Waals surface area contributed by atoms with Crippen LogP contribution >= 0.6 is 0 Å². The molecule has 1 aromatic heterocycles. The first-order chi connectivity index (χ1) is 13.6. The molecule has 1 amide bonds. The van der Waals surface area contributed by atoms with Crippen molar-refractivity contribution >= 4 is 11.6 Å². The number of rotatable bonds is 5. The Morgan fingerprint density at radius 3 is 2.68 bits per heavy atom. The maximum Gasteiger partial charge on any atom is 0.295 e. The summed E-state index contributed by atoms with van der Waals surface area (Å²) in [7, 11) is 0. The van der Waals surface area contributed by atoms with Crippen molar-refractivity contribution in [3.63, 3.8) is 0 Å². The van der Waals surface area contributed by atoms with Crippen LogP contribution in [0.4, 0.5) is 10.1 Å². The minimum absolute atomic E-state index is 0.0453. The van der Waals surface area contributed by atoms with Crippen molar-refractivity contribution in [3.05, 3.63) is 66.0 Å². The monoisotopic (exact) mass is 380 g/mol. The quantitative estimate of drug-likeness (QED) is 0.717. The highest BCUT2D eigenvalue weighted by atomic mass is 19.1. The van der Waals surface area contributed by atoms with Crippen molar-refractivity contribution in [2.24, 2.45) is 0 Å². The molecule has 0 atom stereocenters. The number of hydrogen-bond donors (Lipinski definition) is 1. The number of carbonyl (C=O) groups is 1. The SMILES string of the molecule is Cc1nc(C(=O)Nc2cccc(OC3CCCC3)c2)nn1-c1ccc(F)cc1. The number of amides is 1. The number of aromatic nitrogens is 3. The Bertz CT molecular complexity index is 978. The Labute approximate surface area is 162 Å². The molecule has 1 saturated carbocycles. The summed E-state index contributed by atoms with van der Waals surface area (Å²) < 4.78 is 20.6. The Kier molecular flexibility index (Phi) is 5.06. The summed E-state index contributed by atoms with van der Waals surface area (Å²) in [6.07, 6.45) is 4.79. The summed E-state index contributed by atoms with van der Waals surface area (Å²) >= 11 is 0. The highest BCUT2D eigenvalue weighted by Gasteiger charge is 2.18. The van der Waals surface area contributed by atoms with Gasteiger partial charge in [0.1, 0.15) is 17.4 Å². The molecule has 7 heteroatoms. The number of ether oxygens (including phenoxy) is 1. The summed E-state index contributed by atoms with van der Waals surface area (Å²) in [5, 5.41) is 7.06. The van der Waals surface area contributed by atoms with Gasteiger partial charge >= 0.3 is 0 Å². The molecule has 1 heterocycles. The molecule has 1 fully saturated rings. The summed E-state index contributed by atoms with van der Waals surface area (Å²) in [5.74, 6) is 0.575. The van der Waals surface area contributed by atoms with Crippen LogP contribution in [0.2, 0.25) is 0 Å². The first-order valence-corrected chi connectivity index (χ1v) is 9.36. The molecule has 0 radical (unpaired) electrons. The number of aryl methyl sites for hydroxylation is 1. The minimum Gasteiger partial charge on any atom is -0.490 e. The highest BCUT2D eigenvalue weighted by molar-refractivity contribution is 6.01. The second-order valence-corrected chi connectivity index (χ2v) is 6.88. The minimum atomic E-state index is -0.415. The lowest BCUT2D eigenvalue weighted by Crippen LogP contribution is -2.15. The average Bonchev–Trinajstić information content (AvgIpc) is 3.32. The summed E-state index contributed by atoms with van der Waals surface area (Å²) in [5.41, 5.74) is 1.26. The van der Waals surface area contributed by atoms with E-state index in [2.05, 4.69) is 15.4 Å². The molecular formula is C21H21FN4O2. The van der Waals surface area contributed by atoms with Crippen molar-refractivity contribution < 1.29 is 13.9 Å². The third-order valence-electron chi connectivity index (χ3n) is 4.74. The van der Waals surface area contributed by atoms with Gasteiger partial charge in [-0.2, -0.15) is 0 Å². The highest BCUT2D eigenvalue weighted by Crippen LogP contribution is 2.26. The Morgan fingerprint density at radius 2 is 1.93 bits per heavy atom. The van der Waals surface area contributed by atoms with Crippen LogP contribution in [0.15, 0.2) is 48.5 Å². The molecule has 0 saturated heterocycles. The molecule has 1 aliphatic rings. The molecule has 3 aromatic rings. The molecular weight excluding hydrogens is 359 g/mol. The van der Waals surface area contributed by atoms with Gasteiger partial charge in [-0.25, -0.2) is 14.1 Å². The van der Waals surface area contributed by atoms with Gasteiger partial charge in [-0.3, -0.25) is 4.79 Å². The second-order valence-electron chi connectivity index (χ2n) is 6.88. The van der Waals surface area contributed by atoms with E-state index in [4.69, 9.17) is 4.74 Å². The number of nitrogens with zero attached hydrogens (tertiary/aromatic N) is 3. The third-order valence-corrected chi connectivity index (χ3v) is 4.74. The average molecular weight is 380 g/mol.